The summed E-state index contributed by atoms with van der Waals surface area (Å²) in [6.45, 7) is 0. The number of para-hydroxylation sites is 1. The monoisotopic (exact) mass is 405 g/mol. The maximum absolute atomic E-state index is 13.1. The van der Waals surface area contributed by atoms with Gasteiger partial charge in [0.25, 0.3) is 0 Å². The summed E-state index contributed by atoms with van der Waals surface area (Å²) in [7, 11) is 0. The van der Waals surface area contributed by atoms with Crippen LogP contribution in [0.5, 0.6) is 0 Å². The number of carbonyl (C=O) groups excluding carboxylic acids is 1. The van der Waals surface area contributed by atoms with E-state index in [1.54, 1.807) is 54.7 Å². The average molecular weight is 406 g/mol. The fourth-order valence-corrected chi connectivity index (χ4v) is 3.06. The molecule has 0 aliphatic carbocycles. The van der Waals surface area contributed by atoms with Crippen molar-refractivity contribution in [2.24, 2.45) is 0 Å². The minimum absolute atomic E-state index is 0.0130. The zero-order chi connectivity index (χ0) is 18.1. The molecule has 2 aromatic heterocycles. The Morgan fingerprint density at radius 3 is 2.46 bits per heavy atom. The third-order valence-corrected chi connectivity index (χ3v) is 4.58. The molecule has 0 fully saturated rings. The molecule has 0 bridgehead atoms. The van der Waals surface area contributed by atoms with Crippen LogP contribution in [0.25, 0.3) is 22.3 Å². The molecule has 0 radical (unpaired) electrons. The molecule has 0 saturated carbocycles. The molecule has 4 nitrogen and oxygen atoms in total. The summed E-state index contributed by atoms with van der Waals surface area (Å²) in [6, 6.07) is 17.5. The number of carbonyl (C=O) groups is 1. The van der Waals surface area contributed by atoms with Crippen molar-refractivity contribution in [1.82, 2.24) is 4.98 Å². The lowest BCUT2D eigenvalue weighted by Gasteiger charge is -2.10. The highest BCUT2D eigenvalue weighted by Gasteiger charge is 2.23. The molecule has 0 aliphatic heterocycles. The summed E-state index contributed by atoms with van der Waals surface area (Å²) in [5.74, 6) is -0.148. The minimum atomic E-state index is -0.407. The van der Waals surface area contributed by atoms with E-state index in [4.69, 9.17) is 4.42 Å². The Morgan fingerprint density at radius 1 is 0.962 bits per heavy atom. The number of benzene rings is 2. The largest absolute Gasteiger partial charge is 0.455 e. The van der Waals surface area contributed by atoms with E-state index in [1.807, 2.05) is 12.1 Å². The SMILES string of the molecule is O=C(c1cccnc1)c1c(-c2ccc(Br)cc2)oc2ccccc2c1=O. The quantitative estimate of drug-likeness (QED) is 0.457. The van der Waals surface area contributed by atoms with Gasteiger partial charge in [-0.2, -0.15) is 0 Å². The molecule has 0 aliphatic rings. The van der Waals surface area contributed by atoms with E-state index in [0.717, 1.165) is 4.47 Å². The van der Waals surface area contributed by atoms with Crippen LogP contribution in [0.4, 0.5) is 0 Å². The molecule has 0 amide bonds. The first kappa shape index (κ1) is 16.4. The second-order valence-corrected chi connectivity index (χ2v) is 6.62. The number of fused-ring (bicyclic) bond motifs is 1. The van der Waals surface area contributed by atoms with E-state index < -0.39 is 5.78 Å². The van der Waals surface area contributed by atoms with Crippen molar-refractivity contribution in [1.29, 1.82) is 0 Å². The third-order valence-electron chi connectivity index (χ3n) is 4.06. The van der Waals surface area contributed by atoms with E-state index in [2.05, 4.69) is 20.9 Å². The van der Waals surface area contributed by atoms with Crippen molar-refractivity contribution in [2.45, 2.75) is 0 Å². The first-order chi connectivity index (χ1) is 12.6. The second kappa shape index (κ2) is 6.69. The Bertz CT molecular complexity index is 1170. The predicted octanol–water partition coefficient (Wildman–Crippen LogP) is 4.85. The van der Waals surface area contributed by atoms with Crippen LogP contribution >= 0.6 is 15.9 Å². The van der Waals surface area contributed by atoms with Gasteiger partial charge in [0.15, 0.2) is 0 Å². The molecular formula is C21H12BrNO3. The van der Waals surface area contributed by atoms with E-state index in [0.29, 0.717) is 22.1 Å². The first-order valence-electron chi connectivity index (χ1n) is 7.91. The van der Waals surface area contributed by atoms with Gasteiger partial charge in [0.05, 0.1) is 5.39 Å². The summed E-state index contributed by atoms with van der Waals surface area (Å²) in [5.41, 5.74) is 1.10. The normalized spacial score (nSPS) is 10.8. The lowest BCUT2D eigenvalue weighted by atomic mass is 9.98. The maximum Gasteiger partial charge on any atom is 0.204 e. The molecule has 4 rings (SSSR count). The minimum Gasteiger partial charge on any atom is -0.455 e. The highest BCUT2D eigenvalue weighted by molar-refractivity contribution is 9.10. The molecule has 0 atom stereocenters. The summed E-state index contributed by atoms with van der Waals surface area (Å²) >= 11 is 3.39. The summed E-state index contributed by atoms with van der Waals surface area (Å²) < 4.78 is 6.88. The van der Waals surface area contributed by atoms with Crippen molar-refractivity contribution >= 4 is 32.7 Å². The molecule has 126 valence electrons. The van der Waals surface area contributed by atoms with Crippen molar-refractivity contribution in [3.63, 3.8) is 0 Å². The molecule has 5 heteroatoms. The topological polar surface area (TPSA) is 60.2 Å². The Hall–Kier alpha value is -3.05. The molecule has 2 aromatic carbocycles. The summed E-state index contributed by atoms with van der Waals surface area (Å²) in [5, 5.41) is 0.376. The number of aromatic nitrogens is 1. The van der Waals surface area contributed by atoms with E-state index >= 15 is 0 Å². The number of pyridine rings is 1. The van der Waals surface area contributed by atoms with Crippen LogP contribution in [0.1, 0.15) is 15.9 Å². The molecule has 26 heavy (non-hydrogen) atoms. The number of rotatable bonds is 3. The lowest BCUT2D eigenvalue weighted by molar-refractivity contribution is 0.103. The maximum atomic E-state index is 13.1. The van der Waals surface area contributed by atoms with Gasteiger partial charge in [-0.3, -0.25) is 14.6 Å². The van der Waals surface area contributed by atoms with E-state index in [-0.39, 0.29) is 16.8 Å². The van der Waals surface area contributed by atoms with E-state index in [1.165, 1.54) is 6.20 Å². The number of halogens is 1. The van der Waals surface area contributed by atoms with Gasteiger partial charge in [-0.1, -0.05) is 40.2 Å². The van der Waals surface area contributed by atoms with Gasteiger partial charge in [-0.05, 0) is 36.4 Å². The van der Waals surface area contributed by atoms with Crippen LogP contribution in [0.15, 0.2) is 86.7 Å². The highest BCUT2D eigenvalue weighted by atomic mass is 79.9. The second-order valence-electron chi connectivity index (χ2n) is 5.71. The van der Waals surface area contributed by atoms with Gasteiger partial charge in [0.2, 0.25) is 11.2 Å². The number of hydrogen-bond donors (Lipinski definition) is 0. The smallest absolute Gasteiger partial charge is 0.204 e. The molecular weight excluding hydrogens is 394 g/mol. The summed E-state index contributed by atoms with van der Waals surface area (Å²) in [6.07, 6.45) is 3.03. The van der Waals surface area contributed by atoms with Crippen LogP contribution in [-0.4, -0.2) is 10.8 Å². The number of hydrogen-bond acceptors (Lipinski definition) is 4. The third kappa shape index (κ3) is 2.86. The van der Waals surface area contributed by atoms with Gasteiger partial charge in [0, 0.05) is 28.0 Å². The van der Waals surface area contributed by atoms with Crippen molar-refractivity contribution < 1.29 is 9.21 Å². The molecule has 2 heterocycles. The zero-order valence-electron chi connectivity index (χ0n) is 13.5. The van der Waals surface area contributed by atoms with Crippen molar-refractivity contribution in [3.05, 3.63) is 98.9 Å². The fraction of sp³-hybridized carbons (Fsp3) is 0. The Balaban J connectivity index is 2.04. The Morgan fingerprint density at radius 2 is 1.73 bits per heavy atom. The van der Waals surface area contributed by atoms with Crippen LogP contribution in [-0.2, 0) is 0 Å². The summed E-state index contributed by atoms with van der Waals surface area (Å²) in [4.78, 5) is 30.1. The Labute approximate surface area is 157 Å². The highest BCUT2D eigenvalue weighted by Crippen LogP contribution is 2.28. The average Bonchev–Trinajstić information content (AvgIpc) is 2.69. The van der Waals surface area contributed by atoms with E-state index in [9.17, 15) is 9.59 Å². The predicted molar refractivity (Wildman–Crippen MR) is 103 cm³/mol. The standard InChI is InChI=1S/C21H12BrNO3/c22-15-9-7-13(8-10-15)21-18(19(24)14-4-3-11-23-12-14)20(25)16-5-1-2-6-17(16)26-21/h1-12H. The molecule has 0 spiro atoms. The van der Waals surface area contributed by atoms with Crippen molar-refractivity contribution in [3.8, 4) is 11.3 Å². The first-order valence-corrected chi connectivity index (χ1v) is 8.71. The van der Waals surface area contributed by atoms with Gasteiger partial charge < -0.3 is 4.42 Å². The fourth-order valence-electron chi connectivity index (χ4n) is 2.79. The van der Waals surface area contributed by atoms with Crippen molar-refractivity contribution in [2.75, 3.05) is 0 Å². The van der Waals surface area contributed by atoms with Gasteiger partial charge >= 0.3 is 0 Å². The van der Waals surface area contributed by atoms with Gasteiger partial charge in [0.1, 0.15) is 16.9 Å². The Kier molecular flexibility index (Phi) is 4.22. The molecule has 0 unspecified atom stereocenters. The number of nitrogens with zero attached hydrogens (tertiary/aromatic N) is 1. The van der Waals surface area contributed by atoms with Crippen LogP contribution in [0.3, 0.4) is 0 Å². The molecule has 0 saturated heterocycles. The van der Waals surface area contributed by atoms with Gasteiger partial charge in [-0.25, -0.2) is 0 Å². The zero-order valence-corrected chi connectivity index (χ0v) is 15.1. The molecule has 0 N–H and O–H groups in total. The van der Waals surface area contributed by atoms with Crippen LogP contribution in [0.2, 0.25) is 0 Å². The molecule has 4 aromatic rings. The van der Waals surface area contributed by atoms with Crippen LogP contribution in [0, 0.1) is 0 Å². The number of ketones is 1. The van der Waals surface area contributed by atoms with Gasteiger partial charge in [-0.15, -0.1) is 0 Å². The lowest BCUT2D eigenvalue weighted by Crippen LogP contribution is -2.18. The van der Waals surface area contributed by atoms with Crippen LogP contribution < -0.4 is 5.43 Å².